The molecule has 4 fully saturated rings. The van der Waals surface area contributed by atoms with Crippen molar-refractivity contribution in [2.45, 2.75) is 65.5 Å². The molecule has 26 heavy (non-hydrogen) atoms. The number of carbonyl (C=O) groups is 1. The average Bonchev–Trinajstić information content (AvgIpc) is 2.91. The van der Waals surface area contributed by atoms with Gasteiger partial charge in [-0.3, -0.25) is 4.79 Å². The SMILES string of the molecule is COc1ccc(CB2OC3CC4CC(C4(C)C)[C@]3(C)O2)c(C)c1C(C)=O. The second kappa shape index (κ2) is 5.83. The van der Waals surface area contributed by atoms with E-state index >= 15 is 0 Å². The second-order valence-electron chi connectivity index (χ2n) is 9.09. The molecule has 0 spiro atoms. The first-order valence-electron chi connectivity index (χ1n) is 9.69. The molecule has 1 heterocycles. The fraction of sp³-hybridized carbons (Fsp3) is 0.667. The van der Waals surface area contributed by atoms with E-state index in [2.05, 4.69) is 20.8 Å². The number of hydrogen-bond acceptors (Lipinski definition) is 4. The molecule has 1 aromatic rings. The molecule has 1 aliphatic heterocycles. The third-order valence-corrected chi connectivity index (χ3v) is 7.50. The molecular weight excluding hydrogens is 327 g/mol. The van der Waals surface area contributed by atoms with Gasteiger partial charge in [0.15, 0.2) is 5.78 Å². The van der Waals surface area contributed by atoms with Gasteiger partial charge in [0.2, 0.25) is 0 Å². The minimum Gasteiger partial charge on any atom is -0.496 e. The van der Waals surface area contributed by atoms with Crippen molar-refractivity contribution in [3.63, 3.8) is 0 Å². The molecule has 1 saturated heterocycles. The summed E-state index contributed by atoms with van der Waals surface area (Å²) in [5.74, 6) is 1.97. The highest BCUT2D eigenvalue weighted by molar-refractivity contribution is 6.45. The summed E-state index contributed by atoms with van der Waals surface area (Å²) in [6.07, 6.45) is 3.21. The zero-order valence-electron chi connectivity index (χ0n) is 16.7. The summed E-state index contributed by atoms with van der Waals surface area (Å²) in [4.78, 5) is 12.1. The van der Waals surface area contributed by atoms with Crippen molar-refractivity contribution in [3.05, 3.63) is 28.8 Å². The van der Waals surface area contributed by atoms with Crippen LogP contribution < -0.4 is 4.74 Å². The van der Waals surface area contributed by atoms with Crippen LogP contribution in [0.2, 0.25) is 0 Å². The lowest BCUT2D eigenvalue weighted by Gasteiger charge is -2.64. The average molecular weight is 356 g/mol. The third-order valence-electron chi connectivity index (χ3n) is 7.50. The molecule has 0 aromatic heterocycles. The maximum Gasteiger partial charge on any atom is 0.462 e. The molecule has 0 amide bonds. The first-order valence-corrected chi connectivity index (χ1v) is 9.69. The van der Waals surface area contributed by atoms with Gasteiger partial charge in [-0.2, -0.15) is 0 Å². The quantitative estimate of drug-likeness (QED) is 0.604. The van der Waals surface area contributed by atoms with E-state index in [0.717, 1.165) is 23.5 Å². The van der Waals surface area contributed by atoms with Crippen LogP contribution in [-0.2, 0) is 15.6 Å². The van der Waals surface area contributed by atoms with Gasteiger partial charge >= 0.3 is 7.12 Å². The summed E-state index contributed by atoms with van der Waals surface area (Å²) < 4.78 is 18.2. The van der Waals surface area contributed by atoms with Crippen molar-refractivity contribution in [1.29, 1.82) is 0 Å². The van der Waals surface area contributed by atoms with Crippen molar-refractivity contribution in [3.8, 4) is 5.75 Å². The number of hydrogen-bond donors (Lipinski definition) is 0. The molecule has 3 aliphatic carbocycles. The van der Waals surface area contributed by atoms with Gasteiger partial charge < -0.3 is 14.0 Å². The minimum atomic E-state index is -0.243. The Balaban J connectivity index is 1.57. The van der Waals surface area contributed by atoms with Crippen LogP contribution in [0.1, 0.15) is 62.0 Å². The Hall–Kier alpha value is -1.33. The van der Waals surface area contributed by atoms with E-state index in [1.807, 2.05) is 19.1 Å². The Morgan fingerprint density at radius 1 is 1.31 bits per heavy atom. The van der Waals surface area contributed by atoms with Gasteiger partial charge in [0, 0.05) is 6.32 Å². The van der Waals surface area contributed by atoms with Crippen LogP contribution in [0.25, 0.3) is 0 Å². The standard InChI is InChI=1S/C21H29BO4/c1-12-14(7-8-16(24-6)19(12)13(2)23)11-22-25-18-10-15-9-17(20(15,3)4)21(18,5)26-22/h7-8,15,17-18H,9-11H2,1-6H3/t15?,17?,18?,21-/m0/s1. The largest absolute Gasteiger partial charge is 0.496 e. The molecule has 0 radical (unpaired) electrons. The van der Waals surface area contributed by atoms with E-state index in [9.17, 15) is 4.79 Å². The zero-order valence-corrected chi connectivity index (χ0v) is 16.7. The Kier molecular flexibility index (Phi) is 4.05. The molecule has 4 atom stereocenters. The van der Waals surface area contributed by atoms with E-state index < -0.39 is 0 Å². The van der Waals surface area contributed by atoms with E-state index in [1.165, 1.54) is 6.42 Å². The summed E-state index contributed by atoms with van der Waals surface area (Å²) in [7, 11) is 1.36. The highest BCUT2D eigenvalue weighted by Gasteiger charge is 2.67. The van der Waals surface area contributed by atoms with Crippen LogP contribution in [0.5, 0.6) is 5.75 Å². The summed E-state index contributed by atoms with van der Waals surface area (Å²) in [5, 5.41) is 0. The van der Waals surface area contributed by atoms with Crippen molar-refractivity contribution < 1.29 is 18.8 Å². The van der Waals surface area contributed by atoms with Crippen molar-refractivity contribution in [2.24, 2.45) is 17.3 Å². The van der Waals surface area contributed by atoms with Crippen LogP contribution >= 0.6 is 0 Å². The Labute approximate surface area is 156 Å². The van der Waals surface area contributed by atoms with Crippen LogP contribution in [0.4, 0.5) is 0 Å². The first-order chi connectivity index (χ1) is 12.2. The number of ether oxygens (including phenoxy) is 1. The fourth-order valence-electron chi connectivity index (χ4n) is 5.78. The van der Waals surface area contributed by atoms with E-state index in [0.29, 0.717) is 29.0 Å². The third kappa shape index (κ3) is 2.40. The fourth-order valence-corrected chi connectivity index (χ4v) is 5.78. The molecule has 5 rings (SSSR count). The van der Waals surface area contributed by atoms with Crippen molar-refractivity contribution in [1.82, 2.24) is 0 Å². The summed E-state index contributed by atoms with van der Waals surface area (Å²) in [6.45, 7) is 10.6. The molecular formula is C21H29BO4. The van der Waals surface area contributed by atoms with Gasteiger partial charge in [0.1, 0.15) is 5.75 Å². The van der Waals surface area contributed by atoms with Gasteiger partial charge in [-0.05, 0) is 68.1 Å². The molecule has 3 saturated carbocycles. The predicted octanol–water partition coefficient (Wildman–Crippen LogP) is 4.02. The number of methoxy groups -OCH3 is 1. The highest BCUT2D eigenvalue weighted by Crippen LogP contribution is 2.65. The maximum absolute atomic E-state index is 12.1. The van der Waals surface area contributed by atoms with Crippen LogP contribution in [-0.4, -0.2) is 31.7 Å². The maximum atomic E-state index is 12.1. The molecule has 140 valence electrons. The van der Waals surface area contributed by atoms with Gasteiger partial charge in [0.05, 0.1) is 24.4 Å². The Bertz CT molecular complexity index is 759. The van der Waals surface area contributed by atoms with Crippen LogP contribution in [0.15, 0.2) is 12.1 Å². The monoisotopic (exact) mass is 356 g/mol. The molecule has 4 nitrogen and oxygen atoms in total. The van der Waals surface area contributed by atoms with Crippen LogP contribution in [0, 0.1) is 24.2 Å². The minimum absolute atomic E-state index is 0.0256. The Morgan fingerprint density at radius 3 is 2.65 bits per heavy atom. The Morgan fingerprint density at radius 2 is 2.04 bits per heavy atom. The van der Waals surface area contributed by atoms with Gasteiger partial charge in [-0.1, -0.05) is 19.9 Å². The number of benzene rings is 1. The van der Waals surface area contributed by atoms with Gasteiger partial charge in [-0.15, -0.1) is 0 Å². The summed E-state index contributed by atoms with van der Waals surface area (Å²) in [6, 6.07) is 3.91. The lowest BCUT2D eigenvalue weighted by atomic mass is 9.43. The van der Waals surface area contributed by atoms with Crippen LogP contribution in [0.3, 0.4) is 0 Å². The molecule has 1 aromatic carbocycles. The number of Topliss-reactive ketones (excluding diaryl/α,β-unsaturated/α-hetero) is 1. The van der Waals surface area contributed by atoms with Crippen molar-refractivity contribution in [2.75, 3.05) is 7.11 Å². The van der Waals surface area contributed by atoms with Crippen molar-refractivity contribution >= 4 is 12.9 Å². The van der Waals surface area contributed by atoms with E-state index in [-0.39, 0.29) is 24.6 Å². The lowest BCUT2D eigenvalue weighted by molar-refractivity contribution is -0.199. The predicted molar refractivity (Wildman–Crippen MR) is 102 cm³/mol. The lowest BCUT2D eigenvalue weighted by Crippen LogP contribution is -2.65. The molecule has 3 unspecified atom stereocenters. The van der Waals surface area contributed by atoms with Gasteiger partial charge in [0.25, 0.3) is 0 Å². The molecule has 5 heteroatoms. The first kappa shape index (κ1) is 18.1. The zero-order chi connectivity index (χ0) is 18.9. The number of rotatable bonds is 4. The summed E-state index contributed by atoms with van der Waals surface area (Å²) >= 11 is 0. The normalized spacial score (nSPS) is 34.2. The highest BCUT2D eigenvalue weighted by atomic mass is 16.7. The van der Waals surface area contributed by atoms with E-state index in [1.54, 1.807) is 14.0 Å². The topological polar surface area (TPSA) is 44.8 Å². The molecule has 2 bridgehead atoms. The number of carbonyl (C=O) groups excluding carboxylic acids is 1. The number of ketones is 1. The van der Waals surface area contributed by atoms with E-state index in [4.69, 9.17) is 14.0 Å². The molecule has 4 aliphatic rings. The second-order valence-corrected chi connectivity index (χ2v) is 9.09. The summed E-state index contributed by atoms with van der Waals surface area (Å²) in [5.41, 5.74) is 2.88. The van der Waals surface area contributed by atoms with Gasteiger partial charge in [-0.25, -0.2) is 0 Å². The smallest absolute Gasteiger partial charge is 0.462 e. The molecule has 0 N–H and O–H groups in total.